The fourth-order valence-electron chi connectivity index (χ4n) is 3.45. The summed E-state index contributed by atoms with van der Waals surface area (Å²) in [6.07, 6.45) is 5.90. The number of likely N-dealkylation sites (tertiary alicyclic amines) is 1. The lowest BCUT2D eigenvalue weighted by molar-refractivity contribution is 0.0711. The Labute approximate surface area is 122 Å². The molecule has 1 heterocycles. The predicted octanol–water partition coefficient (Wildman–Crippen LogP) is 3.35. The molecule has 1 fully saturated rings. The number of nitrogens with two attached hydrogens (primary N) is 1. The van der Waals surface area contributed by atoms with Gasteiger partial charge in [-0.1, -0.05) is 25.0 Å². The van der Waals surface area contributed by atoms with Crippen molar-refractivity contribution in [1.82, 2.24) is 4.90 Å². The summed E-state index contributed by atoms with van der Waals surface area (Å²) >= 11 is 0. The Balaban J connectivity index is 2.18. The van der Waals surface area contributed by atoms with Crippen LogP contribution in [0.4, 0.5) is 4.39 Å². The maximum atomic E-state index is 13.4. The van der Waals surface area contributed by atoms with Crippen LogP contribution < -0.4 is 5.73 Å². The van der Waals surface area contributed by atoms with Crippen LogP contribution in [0.25, 0.3) is 0 Å². The maximum Gasteiger partial charge on any atom is 0.123 e. The quantitative estimate of drug-likeness (QED) is 0.915. The van der Waals surface area contributed by atoms with E-state index in [1.54, 1.807) is 12.1 Å². The van der Waals surface area contributed by atoms with Crippen LogP contribution in [0.3, 0.4) is 0 Å². The molecule has 1 aromatic rings. The Morgan fingerprint density at radius 3 is 2.85 bits per heavy atom. The Kier molecular flexibility index (Phi) is 5.17. The molecule has 0 amide bonds. The van der Waals surface area contributed by atoms with Crippen LogP contribution in [-0.4, -0.2) is 29.6 Å². The van der Waals surface area contributed by atoms with E-state index in [1.165, 1.54) is 31.7 Å². The third-order valence-electron chi connectivity index (χ3n) is 4.66. The van der Waals surface area contributed by atoms with Crippen LogP contribution in [0.2, 0.25) is 0 Å². The first-order valence-corrected chi connectivity index (χ1v) is 7.76. The SMILES string of the molecule is CC1CCCCCN1C(C)(CN)Cc1cccc(F)c1. The summed E-state index contributed by atoms with van der Waals surface area (Å²) in [6, 6.07) is 7.47. The van der Waals surface area contributed by atoms with Crippen molar-refractivity contribution in [1.29, 1.82) is 0 Å². The van der Waals surface area contributed by atoms with E-state index in [9.17, 15) is 4.39 Å². The molecule has 112 valence electrons. The van der Waals surface area contributed by atoms with E-state index < -0.39 is 0 Å². The van der Waals surface area contributed by atoms with Crippen molar-refractivity contribution < 1.29 is 4.39 Å². The van der Waals surface area contributed by atoms with Gasteiger partial charge >= 0.3 is 0 Å². The van der Waals surface area contributed by atoms with Gasteiger partial charge in [0, 0.05) is 18.1 Å². The molecule has 0 aromatic heterocycles. The second-order valence-corrected chi connectivity index (χ2v) is 6.40. The van der Waals surface area contributed by atoms with Crippen molar-refractivity contribution in [3.05, 3.63) is 35.6 Å². The molecule has 3 heteroatoms. The van der Waals surface area contributed by atoms with Gasteiger partial charge in [-0.3, -0.25) is 4.90 Å². The minimum atomic E-state index is -0.161. The minimum absolute atomic E-state index is 0.0858. The lowest BCUT2D eigenvalue weighted by Gasteiger charge is -2.44. The van der Waals surface area contributed by atoms with Gasteiger partial charge in [-0.15, -0.1) is 0 Å². The fourth-order valence-corrected chi connectivity index (χ4v) is 3.45. The van der Waals surface area contributed by atoms with Gasteiger partial charge in [0.2, 0.25) is 0 Å². The van der Waals surface area contributed by atoms with Crippen molar-refractivity contribution in [3.8, 4) is 0 Å². The zero-order chi connectivity index (χ0) is 14.6. The molecule has 2 N–H and O–H groups in total. The second-order valence-electron chi connectivity index (χ2n) is 6.40. The summed E-state index contributed by atoms with van der Waals surface area (Å²) < 4.78 is 13.4. The summed E-state index contributed by atoms with van der Waals surface area (Å²) in [5, 5.41) is 0. The van der Waals surface area contributed by atoms with E-state index in [2.05, 4.69) is 18.7 Å². The lowest BCUT2D eigenvalue weighted by atomic mass is 9.89. The molecule has 2 rings (SSSR count). The molecule has 1 aliphatic rings. The molecule has 0 aliphatic carbocycles. The normalized spacial score (nSPS) is 24.1. The number of halogens is 1. The predicted molar refractivity (Wildman–Crippen MR) is 82.2 cm³/mol. The highest BCUT2D eigenvalue weighted by molar-refractivity contribution is 5.19. The Bertz CT molecular complexity index is 435. The molecule has 0 spiro atoms. The van der Waals surface area contributed by atoms with Crippen LogP contribution in [0.15, 0.2) is 24.3 Å². The molecular formula is C17H27FN2. The molecule has 1 aliphatic heterocycles. The highest BCUT2D eigenvalue weighted by atomic mass is 19.1. The summed E-state index contributed by atoms with van der Waals surface area (Å²) in [5.74, 6) is -0.161. The first-order chi connectivity index (χ1) is 9.55. The van der Waals surface area contributed by atoms with E-state index in [0.717, 1.165) is 18.5 Å². The third-order valence-corrected chi connectivity index (χ3v) is 4.66. The Morgan fingerprint density at radius 1 is 1.35 bits per heavy atom. The van der Waals surface area contributed by atoms with Gasteiger partial charge in [0.25, 0.3) is 0 Å². The number of hydrogen-bond acceptors (Lipinski definition) is 2. The van der Waals surface area contributed by atoms with Gasteiger partial charge in [-0.05, 0) is 57.4 Å². The van der Waals surface area contributed by atoms with Crippen LogP contribution >= 0.6 is 0 Å². The summed E-state index contributed by atoms with van der Waals surface area (Å²) in [6.45, 7) is 6.22. The van der Waals surface area contributed by atoms with E-state index in [0.29, 0.717) is 12.6 Å². The smallest absolute Gasteiger partial charge is 0.123 e. The van der Waals surface area contributed by atoms with Gasteiger partial charge in [0.05, 0.1) is 0 Å². The maximum absolute atomic E-state index is 13.4. The molecular weight excluding hydrogens is 251 g/mol. The van der Waals surface area contributed by atoms with Crippen LogP contribution in [0.1, 0.15) is 45.1 Å². The van der Waals surface area contributed by atoms with E-state index in [-0.39, 0.29) is 11.4 Å². The van der Waals surface area contributed by atoms with Gasteiger partial charge in [-0.25, -0.2) is 4.39 Å². The molecule has 0 saturated carbocycles. The minimum Gasteiger partial charge on any atom is -0.329 e. The monoisotopic (exact) mass is 278 g/mol. The molecule has 2 nitrogen and oxygen atoms in total. The summed E-state index contributed by atoms with van der Waals surface area (Å²) in [5.41, 5.74) is 7.05. The first kappa shape index (κ1) is 15.5. The standard InChI is InChI=1S/C17H27FN2/c1-14-7-4-3-5-10-20(14)17(2,13-19)12-15-8-6-9-16(18)11-15/h6,8-9,11,14H,3-5,7,10,12-13,19H2,1-2H3. The molecule has 1 saturated heterocycles. The Morgan fingerprint density at radius 2 is 2.15 bits per heavy atom. The molecule has 0 bridgehead atoms. The van der Waals surface area contributed by atoms with Crippen molar-refractivity contribution in [2.75, 3.05) is 13.1 Å². The van der Waals surface area contributed by atoms with Gasteiger partial charge in [0.15, 0.2) is 0 Å². The Hall–Kier alpha value is -0.930. The van der Waals surface area contributed by atoms with Gasteiger partial charge < -0.3 is 5.73 Å². The van der Waals surface area contributed by atoms with Gasteiger partial charge in [0.1, 0.15) is 5.82 Å². The molecule has 1 aromatic carbocycles. The van der Waals surface area contributed by atoms with E-state index in [1.807, 2.05) is 6.07 Å². The average molecular weight is 278 g/mol. The second kappa shape index (κ2) is 6.68. The summed E-state index contributed by atoms with van der Waals surface area (Å²) in [4.78, 5) is 2.55. The van der Waals surface area contributed by atoms with Crippen LogP contribution in [-0.2, 0) is 6.42 Å². The number of rotatable bonds is 4. The summed E-state index contributed by atoms with van der Waals surface area (Å²) in [7, 11) is 0. The highest BCUT2D eigenvalue weighted by Crippen LogP contribution is 2.28. The molecule has 20 heavy (non-hydrogen) atoms. The van der Waals surface area contributed by atoms with Crippen molar-refractivity contribution in [2.24, 2.45) is 5.73 Å². The van der Waals surface area contributed by atoms with Crippen LogP contribution in [0.5, 0.6) is 0 Å². The number of hydrogen-bond donors (Lipinski definition) is 1. The molecule has 0 radical (unpaired) electrons. The average Bonchev–Trinajstić information content (AvgIpc) is 2.63. The van der Waals surface area contributed by atoms with Gasteiger partial charge in [-0.2, -0.15) is 0 Å². The molecule has 2 unspecified atom stereocenters. The van der Waals surface area contributed by atoms with Crippen molar-refractivity contribution in [2.45, 2.75) is 57.5 Å². The van der Waals surface area contributed by atoms with E-state index >= 15 is 0 Å². The van der Waals surface area contributed by atoms with Crippen molar-refractivity contribution >= 4 is 0 Å². The largest absolute Gasteiger partial charge is 0.329 e. The number of nitrogens with zero attached hydrogens (tertiary/aromatic N) is 1. The van der Waals surface area contributed by atoms with E-state index in [4.69, 9.17) is 5.73 Å². The van der Waals surface area contributed by atoms with Crippen molar-refractivity contribution in [3.63, 3.8) is 0 Å². The van der Waals surface area contributed by atoms with Crippen LogP contribution in [0, 0.1) is 5.82 Å². The zero-order valence-corrected chi connectivity index (χ0v) is 12.7. The fraction of sp³-hybridized carbons (Fsp3) is 0.647. The number of benzene rings is 1. The lowest BCUT2D eigenvalue weighted by Crippen LogP contribution is -2.56. The third kappa shape index (κ3) is 3.58. The zero-order valence-electron chi connectivity index (χ0n) is 12.7. The first-order valence-electron chi connectivity index (χ1n) is 7.76. The molecule has 2 atom stereocenters. The highest BCUT2D eigenvalue weighted by Gasteiger charge is 2.34. The topological polar surface area (TPSA) is 29.3 Å².